The van der Waals surface area contributed by atoms with E-state index in [9.17, 15) is 13.6 Å². The number of nitrogens with zero attached hydrogens (tertiary/aromatic N) is 1. The number of carbonyl (C=O) groups is 1. The highest BCUT2D eigenvalue weighted by Crippen LogP contribution is 2.21. The summed E-state index contributed by atoms with van der Waals surface area (Å²) in [4.78, 5) is 14.7. The van der Waals surface area contributed by atoms with Gasteiger partial charge in [0.2, 0.25) is 0 Å². The van der Waals surface area contributed by atoms with Crippen molar-refractivity contribution in [3.05, 3.63) is 53.9 Å². The van der Waals surface area contributed by atoms with E-state index in [1.807, 2.05) is 0 Å². The number of rotatable bonds is 3. The molecule has 92 valence electrons. The number of pyridine rings is 1. The Balaban J connectivity index is 2.34. The van der Waals surface area contributed by atoms with Crippen LogP contribution in [0.25, 0.3) is 0 Å². The van der Waals surface area contributed by atoms with Crippen molar-refractivity contribution in [3.8, 4) is 0 Å². The van der Waals surface area contributed by atoms with E-state index in [-0.39, 0.29) is 16.9 Å². The predicted molar refractivity (Wildman–Crippen MR) is 60.8 cm³/mol. The highest BCUT2D eigenvalue weighted by molar-refractivity contribution is 5.94. The van der Waals surface area contributed by atoms with Crippen LogP contribution in [-0.2, 0) is 0 Å². The lowest BCUT2D eigenvalue weighted by atomic mass is 10.2. The van der Waals surface area contributed by atoms with E-state index < -0.39 is 17.6 Å². The smallest absolute Gasteiger partial charge is 0.337 e. The van der Waals surface area contributed by atoms with E-state index in [1.165, 1.54) is 24.5 Å². The van der Waals surface area contributed by atoms with Crippen molar-refractivity contribution in [2.45, 2.75) is 0 Å². The Kier molecular flexibility index (Phi) is 3.18. The lowest BCUT2D eigenvalue weighted by molar-refractivity contribution is 0.0698. The normalized spacial score (nSPS) is 10.1. The van der Waals surface area contributed by atoms with E-state index in [4.69, 9.17) is 5.11 Å². The second-order valence-corrected chi connectivity index (χ2v) is 3.48. The number of hydrogen-bond donors (Lipinski definition) is 2. The molecule has 0 unspecified atom stereocenters. The average Bonchev–Trinajstić information content (AvgIpc) is 2.34. The SMILES string of the molecule is O=C(O)c1ccncc1Nc1ccc(F)c(F)c1. The zero-order chi connectivity index (χ0) is 13.1. The summed E-state index contributed by atoms with van der Waals surface area (Å²) in [5, 5.41) is 11.6. The minimum Gasteiger partial charge on any atom is -0.478 e. The molecule has 1 aromatic carbocycles. The van der Waals surface area contributed by atoms with Crippen LogP contribution in [0, 0.1) is 11.6 Å². The molecule has 0 aliphatic carbocycles. The van der Waals surface area contributed by atoms with Gasteiger partial charge in [-0.2, -0.15) is 0 Å². The van der Waals surface area contributed by atoms with Crippen LogP contribution in [-0.4, -0.2) is 16.1 Å². The summed E-state index contributed by atoms with van der Waals surface area (Å²) in [5.74, 6) is -3.12. The molecule has 0 saturated carbocycles. The van der Waals surface area contributed by atoms with Crippen molar-refractivity contribution in [1.82, 2.24) is 4.98 Å². The maximum Gasteiger partial charge on any atom is 0.337 e. The fourth-order valence-corrected chi connectivity index (χ4v) is 1.41. The number of aromatic carboxylic acids is 1. The number of anilines is 2. The van der Waals surface area contributed by atoms with E-state index in [1.54, 1.807) is 0 Å². The summed E-state index contributed by atoms with van der Waals surface area (Å²) in [6.45, 7) is 0. The van der Waals surface area contributed by atoms with Crippen LogP contribution >= 0.6 is 0 Å². The molecule has 2 aromatic rings. The first-order valence-corrected chi connectivity index (χ1v) is 4.97. The number of hydrogen-bond acceptors (Lipinski definition) is 3. The minimum atomic E-state index is -1.14. The molecule has 0 bridgehead atoms. The largest absolute Gasteiger partial charge is 0.478 e. The molecular weight excluding hydrogens is 242 g/mol. The molecule has 0 saturated heterocycles. The zero-order valence-electron chi connectivity index (χ0n) is 9.02. The standard InChI is InChI=1S/C12H8F2N2O2/c13-9-2-1-7(5-10(9)14)16-11-6-15-4-3-8(11)12(17)18/h1-6,16H,(H,17,18). The first-order chi connectivity index (χ1) is 8.58. The molecular formula is C12H8F2N2O2. The van der Waals surface area contributed by atoms with Crippen molar-refractivity contribution in [2.24, 2.45) is 0 Å². The molecule has 4 nitrogen and oxygen atoms in total. The van der Waals surface area contributed by atoms with Gasteiger partial charge in [0.1, 0.15) is 0 Å². The molecule has 2 rings (SSSR count). The molecule has 0 aliphatic rings. The van der Waals surface area contributed by atoms with Crippen molar-refractivity contribution in [2.75, 3.05) is 5.32 Å². The fourth-order valence-electron chi connectivity index (χ4n) is 1.41. The van der Waals surface area contributed by atoms with Gasteiger partial charge in [-0.3, -0.25) is 4.98 Å². The van der Waals surface area contributed by atoms with Crippen molar-refractivity contribution < 1.29 is 18.7 Å². The van der Waals surface area contributed by atoms with E-state index in [2.05, 4.69) is 10.3 Å². The summed E-state index contributed by atoms with van der Waals surface area (Å²) in [6.07, 6.45) is 2.63. The van der Waals surface area contributed by atoms with Crippen LogP contribution in [0.2, 0.25) is 0 Å². The Labute approximate surface area is 101 Å². The third kappa shape index (κ3) is 2.42. The van der Waals surface area contributed by atoms with E-state index in [0.29, 0.717) is 0 Å². The molecule has 1 aromatic heterocycles. The number of carboxylic acid groups (broad SMARTS) is 1. The minimum absolute atomic E-state index is 0.00488. The van der Waals surface area contributed by atoms with Crippen molar-refractivity contribution in [1.29, 1.82) is 0 Å². The number of nitrogens with one attached hydrogen (secondary N) is 1. The van der Waals surface area contributed by atoms with Crippen LogP contribution in [0.1, 0.15) is 10.4 Å². The van der Waals surface area contributed by atoms with Gasteiger partial charge in [-0.25, -0.2) is 13.6 Å². The molecule has 18 heavy (non-hydrogen) atoms. The molecule has 2 N–H and O–H groups in total. The van der Waals surface area contributed by atoms with Crippen LogP contribution < -0.4 is 5.32 Å². The molecule has 0 atom stereocenters. The maximum absolute atomic E-state index is 13.0. The summed E-state index contributed by atoms with van der Waals surface area (Å²) in [5.41, 5.74) is 0.440. The van der Waals surface area contributed by atoms with Gasteiger partial charge in [0, 0.05) is 18.0 Å². The first-order valence-electron chi connectivity index (χ1n) is 4.97. The summed E-state index contributed by atoms with van der Waals surface area (Å²) in [7, 11) is 0. The molecule has 0 spiro atoms. The summed E-state index contributed by atoms with van der Waals surface area (Å²) >= 11 is 0. The monoisotopic (exact) mass is 250 g/mol. The quantitative estimate of drug-likeness (QED) is 0.879. The number of aromatic nitrogens is 1. The zero-order valence-corrected chi connectivity index (χ0v) is 9.02. The number of carboxylic acids is 1. The van der Waals surface area contributed by atoms with Crippen molar-refractivity contribution >= 4 is 17.3 Å². The fraction of sp³-hybridized carbons (Fsp3) is 0. The second-order valence-electron chi connectivity index (χ2n) is 3.48. The van der Waals surface area contributed by atoms with Crippen LogP contribution in [0.4, 0.5) is 20.2 Å². The van der Waals surface area contributed by atoms with Gasteiger partial charge in [-0.1, -0.05) is 0 Å². The Morgan fingerprint density at radius 3 is 2.67 bits per heavy atom. The van der Waals surface area contributed by atoms with Crippen LogP contribution in [0.5, 0.6) is 0 Å². The first kappa shape index (κ1) is 12.0. The molecule has 1 heterocycles. The molecule has 0 aliphatic heterocycles. The van der Waals surface area contributed by atoms with E-state index in [0.717, 1.165) is 12.1 Å². The van der Waals surface area contributed by atoms with Gasteiger partial charge < -0.3 is 10.4 Å². The van der Waals surface area contributed by atoms with Gasteiger partial charge in [-0.05, 0) is 18.2 Å². The van der Waals surface area contributed by atoms with Gasteiger partial charge in [0.25, 0.3) is 0 Å². The summed E-state index contributed by atoms with van der Waals surface area (Å²) < 4.78 is 25.7. The topological polar surface area (TPSA) is 62.2 Å². The third-order valence-electron chi connectivity index (χ3n) is 2.25. The molecule has 6 heteroatoms. The molecule has 0 radical (unpaired) electrons. The highest BCUT2D eigenvalue weighted by Gasteiger charge is 2.10. The van der Waals surface area contributed by atoms with Crippen LogP contribution in [0.3, 0.4) is 0 Å². The third-order valence-corrected chi connectivity index (χ3v) is 2.25. The van der Waals surface area contributed by atoms with E-state index >= 15 is 0 Å². The highest BCUT2D eigenvalue weighted by atomic mass is 19.2. The van der Waals surface area contributed by atoms with Gasteiger partial charge >= 0.3 is 5.97 Å². The maximum atomic E-state index is 13.0. The Morgan fingerprint density at radius 2 is 2.00 bits per heavy atom. The lowest BCUT2D eigenvalue weighted by Crippen LogP contribution is -2.03. The van der Waals surface area contributed by atoms with Gasteiger partial charge in [-0.15, -0.1) is 0 Å². The Bertz CT molecular complexity index is 602. The van der Waals surface area contributed by atoms with Gasteiger partial charge in [0.05, 0.1) is 17.4 Å². The van der Waals surface area contributed by atoms with Crippen molar-refractivity contribution in [3.63, 3.8) is 0 Å². The number of benzene rings is 1. The predicted octanol–water partition coefficient (Wildman–Crippen LogP) is 2.80. The second kappa shape index (κ2) is 4.79. The number of halogens is 2. The van der Waals surface area contributed by atoms with Gasteiger partial charge in [0.15, 0.2) is 11.6 Å². The Morgan fingerprint density at radius 1 is 1.22 bits per heavy atom. The molecule has 0 amide bonds. The lowest BCUT2D eigenvalue weighted by Gasteiger charge is -2.08. The van der Waals surface area contributed by atoms with Crippen LogP contribution in [0.15, 0.2) is 36.7 Å². The average molecular weight is 250 g/mol. The Hall–Kier alpha value is -2.50. The molecule has 0 fully saturated rings. The summed E-state index contributed by atoms with van der Waals surface area (Å²) in [6, 6.07) is 4.50.